The van der Waals surface area contributed by atoms with Crippen molar-refractivity contribution in [3.63, 3.8) is 0 Å². The van der Waals surface area contributed by atoms with E-state index in [0.29, 0.717) is 5.02 Å². The lowest BCUT2D eigenvalue weighted by molar-refractivity contribution is 0.474. The van der Waals surface area contributed by atoms with Crippen LogP contribution >= 0.6 is 11.6 Å². The van der Waals surface area contributed by atoms with Crippen molar-refractivity contribution in [2.24, 2.45) is 0 Å². The molecular weight excluding hydrogens is 356 g/mol. The normalized spacial score (nSPS) is 11.6. The molecule has 3 N–H and O–H groups in total. The summed E-state index contributed by atoms with van der Waals surface area (Å²) in [4.78, 5) is 6.73. The number of rotatable bonds is 3. The number of nitrogens with one attached hydrogen (secondary N) is 2. The largest absolute Gasteiger partial charge is 0.508 e. The van der Waals surface area contributed by atoms with Crippen LogP contribution in [-0.2, 0) is 0 Å². The van der Waals surface area contributed by atoms with E-state index in [-0.39, 0.29) is 11.7 Å². The minimum Gasteiger partial charge on any atom is -0.508 e. The monoisotopic (exact) mass is 372 g/mol. The van der Waals surface area contributed by atoms with E-state index in [1.807, 2.05) is 36.7 Å². The molecule has 0 unspecified atom stereocenters. The number of halogens is 1. The molecule has 0 fully saturated rings. The van der Waals surface area contributed by atoms with Gasteiger partial charge in [0.15, 0.2) is 0 Å². The molecule has 0 aliphatic heterocycles. The first-order valence-corrected chi connectivity index (χ1v) is 9.20. The van der Waals surface area contributed by atoms with E-state index in [0.717, 1.165) is 38.5 Å². The first-order valence-electron chi connectivity index (χ1n) is 8.83. The number of H-pyrrole nitrogens is 2. The molecule has 2 aromatic heterocycles. The minimum absolute atomic E-state index is 0.114. The Morgan fingerprint density at radius 2 is 1.26 bits per heavy atom. The van der Waals surface area contributed by atoms with Gasteiger partial charge in [-0.05, 0) is 47.0 Å². The number of para-hydroxylation sites is 2. The van der Waals surface area contributed by atoms with Crippen LogP contribution in [0.4, 0.5) is 0 Å². The highest BCUT2D eigenvalue weighted by atomic mass is 35.5. The van der Waals surface area contributed by atoms with Gasteiger partial charge in [-0.25, -0.2) is 0 Å². The lowest BCUT2D eigenvalue weighted by Crippen LogP contribution is -2.03. The third-order valence-corrected chi connectivity index (χ3v) is 5.50. The Kier molecular flexibility index (Phi) is 3.69. The van der Waals surface area contributed by atoms with Crippen LogP contribution < -0.4 is 0 Å². The predicted molar refractivity (Wildman–Crippen MR) is 111 cm³/mol. The zero-order valence-corrected chi connectivity index (χ0v) is 15.2. The summed E-state index contributed by atoms with van der Waals surface area (Å²) in [6.45, 7) is 0. The van der Waals surface area contributed by atoms with E-state index in [4.69, 9.17) is 11.6 Å². The zero-order valence-electron chi connectivity index (χ0n) is 14.4. The molecule has 0 saturated carbocycles. The van der Waals surface area contributed by atoms with Crippen molar-refractivity contribution in [1.29, 1.82) is 0 Å². The molecule has 0 saturated heterocycles. The second kappa shape index (κ2) is 6.22. The van der Waals surface area contributed by atoms with Crippen molar-refractivity contribution in [3.05, 3.63) is 101 Å². The van der Waals surface area contributed by atoms with Crippen LogP contribution in [-0.4, -0.2) is 15.1 Å². The molecule has 0 bridgehead atoms. The fourth-order valence-corrected chi connectivity index (χ4v) is 4.15. The van der Waals surface area contributed by atoms with Crippen LogP contribution in [0.15, 0.2) is 79.1 Å². The van der Waals surface area contributed by atoms with Crippen molar-refractivity contribution < 1.29 is 5.11 Å². The molecule has 0 spiro atoms. The van der Waals surface area contributed by atoms with E-state index >= 15 is 0 Å². The third kappa shape index (κ3) is 2.59. The first kappa shape index (κ1) is 16.0. The fraction of sp³-hybridized carbons (Fsp3) is 0.0435. The molecule has 0 aliphatic carbocycles. The van der Waals surface area contributed by atoms with Crippen LogP contribution in [0, 0.1) is 0 Å². The van der Waals surface area contributed by atoms with Crippen LogP contribution in [0.2, 0.25) is 5.02 Å². The maximum absolute atomic E-state index is 10.1. The standard InChI is InChI=1S/C23H17ClN2O/c24-20-10-9-14(27)11-17(20)23(18-12-25-21-7-3-1-5-15(18)21)19-13-26-22-8-4-2-6-16(19)22/h1-13,23,25-27H. The van der Waals surface area contributed by atoms with Gasteiger partial charge in [0.25, 0.3) is 0 Å². The summed E-state index contributed by atoms with van der Waals surface area (Å²) in [6, 6.07) is 21.6. The molecule has 5 aromatic rings. The Morgan fingerprint density at radius 3 is 1.85 bits per heavy atom. The van der Waals surface area contributed by atoms with Gasteiger partial charge in [-0.1, -0.05) is 48.0 Å². The highest BCUT2D eigenvalue weighted by Crippen LogP contribution is 2.42. The van der Waals surface area contributed by atoms with E-state index < -0.39 is 0 Å². The summed E-state index contributed by atoms with van der Waals surface area (Å²) in [7, 11) is 0. The van der Waals surface area contributed by atoms with E-state index in [2.05, 4.69) is 34.2 Å². The summed E-state index contributed by atoms with van der Waals surface area (Å²) in [5.41, 5.74) is 5.29. The predicted octanol–water partition coefficient (Wildman–Crippen LogP) is 6.19. The summed E-state index contributed by atoms with van der Waals surface area (Å²) in [5.74, 6) is 0.0935. The quantitative estimate of drug-likeness (QED) is 0.347. The second-order valence-electron chi connectivity index (χ2n) is 6.72. The lowest BCUT2D eigenvalue weighted by atomic mass is 9.84. The number of aromatic nitrogens is 2. The Balaban J connectivity index is 1.84. The van der Waals surface area contributed by atoms with Crippen LogP contribution in [0.1, 0.15) is 22.6 Å². The number of fused-ring (bicyclic) bond motifs is 2. The van der Waals surface area contributed by atoms with Crippen molar-refractivity contribution in [1.82, 2.24) is 9.97 Å². The lowest BCUT2D eigenvalue weighted by Gasteiger charge is -2.19. The zero-order chi connectivity index (χ0) is 18.4. The minimum atomic E-state index is -0.114. The van der Waals surface area contributed by atoms with Gasteiger partial charge in [-0.2, -0.15) is 0 Å². The number of hydrogen-bond donors (Lipinski definition) is 3. The molecule has 2 heterocycles. The highest BCUT2D eigenvalue weighted by Gasteiger charge is 2.25. The highest BCUT2D eigenvalue weighted by molar-refractivity contribution is 6.31. The van der Waals surface area contributed by atoms with Crippen molar-refractivity contribution in [2.75, 3.05) is 0 Å². The second-order valence-corrected chi connectivity index (χ2v) is 7.13. The Bertz CT molecular complexity index is 1190. The van der Waals surface area contributed by atoms with Gasteiger partial charge >= 0.3 is 0 Å². The van der Waals surface area contributed by atoms with Gasteiger partial charge in [-0.15, -0.1) is 0 Å². The number of hydrogen-bond acceptors (Lipinski definition) is 1. The molecule has 3 aromatic carbocycles. The first-order chi connectivity index (χ1) is 13.2. The number of aromatic amines is 2. The van der Waals surface area contributed by atoms with Gasteiger partial charge in [-0.3, -0.25) is 0 Å². The molecule has 0 amide bonds. The Morgan fingerprint density at radius 1 is 0.704 bits per heavy atom. The molecule has 0 atom stereocenters. The molecule has 4 heteroatoms. The van der Waals surface area contributed by atoms with Crippen LogP contribution in [0.3, 0.4) is 0 Å². The summed E-state index contributed by atoms with van der Waals surface area (Å²) in [6.07, 6.45) is 4.08. The topological polar surface area (TPSA) is 51.8 Å². The van der Waals surface area contributed by atoms with Gasteiger partial charge in [0.1, 0.15) is 5.75 Å². The molecule has 27 heavy (non-hydrogen) atoms. The molecule has 3 nitrogen and oxygen atoms in total. The SMILES string of the molecule is Oc1ccc(Cl)c(C(c2c[nH]c3ccccc23)c2c[nH]c3ccccc23)c1. The average Bonchev–Trinajstić information content (AvgIpc) is 3.30. The van der Waals surface area contributed by atoms with E-state index in [9.17, 15) is 5.11 Å². The van der Waals surface area contributed by atoms with Crippen molar-refractivity contribution in [2.45, 2.75) is 5.92 Å². The smallest absolute Gasteiger partial charge is 0.115 e. The van der Waals surface area contributed by atoms with Gasteiger partial charge in [0, 0.05) is 45.1 Å². The number of phenolic OH excluding ortho intramolecular Hbond substituents is 1. The van der Waals surface area contributed by atoms with Crippen molar-refractivity contribution in [3.8, 4) is 5.75 Å². The van der Waals surface area contributed by atoms with Crippen LogP contribution in [0.25, 0.3) is 21.8 Å². The summed E-state index contributed by atoms with van der Waals surface area (Å²) >= 11 is 6.60. The van der Waals surface area contributed by atoms with E-state index in [1.54, 1.807) is 18.2 Å². The van der Waals surface area contributed by atoms with Crippen molar-refractivity contribution >= 4 is 33.4 Å². The van der Waals surface area contributed by atoms with Crippen LogP contribution in [0.5, 0.6) is 5.75 Å². The maximum atomic E-state index is 10.1. The summed E-state index contributed by atoms with van der Waals surface area (Å²) < 4.78 is 0. The van der Waals surface area contributed by atoms with E-state index in [1.165, 1.54) is 0 Å². The maximum Gasteiger partial charge on any atom is 0.115 e. The van der Waals surface area contributed by atoms with Gasteiger partial charge < -0.3 is 15.1 Å². The fourth-order valence-electron chi connectivity index (χ4n) is 3.92. The Hall–Kier alpha value is -3.17. The number of phenols is 1. The molecule has 5 rings (SSSR count). The number of benzene rings is 3. The summed E-state index contributed by atoms with van der Waals surface area (Å²) in [5, 5.41) is 13.1. The van der Waals surface area contributed by atoms with Gasteiger partial charge in [0.2, 0.25) is 0 Å². The van der Waals surface area contributed by atoms with Gasteiger partial charge in [0.05, 0.1) is 0 Å². The average molecular weight is 373 g/mol. The Labute approximate surface area is 161 Å². The molecular formula is C23H17ClN2O. The number of aromatic hydroxyl groups is 1. The third-order valence-electron chi connectivity index (χ3n) is 5.16. The molecule has 0 aliphatic rings. The molecule has 132 valence electrons. The molecule has 0 radical (unpaired) electrons.